The summed E-state index contributed by atoms with van der Waals surface area (Å²) in [7, 11) is 0. The topological polar surface area (TPSA) is 58.0 Å². The highest BCUT2D eigenvalue weighted by Crippen LogP contribution is 2.38. The quantitative estimate of drug-likeness (QED) is 0.392. The van der Waals surface area contributed by atoms with Gasteiger partial charge in [-0.15, -0.1) is 0 Å². The summed E-state index contributed by atoms with van der Waals surface area (Å²) in [6, 6.07) is 11.6. The van der Waals surface area contributed by atoms with Gasteiger partial charge in [0.2, 0.25) is 0 Å². The van der Waals surface area contributed by atoms with E-state index in [1.54, 1.807) is 42.6 Å². The van der Waals surface area contributed by atoms with Gasteiger partial charge >= 0.3 is 6.18 Å². The first kappa shape index (κ1) is 20.6. The Morgan fingerprint density at radius 2 is 1.71 bits per heavy atom. The second-order valence-corrected chi connectivity index (χ2v) is 7.11. The average molecular weight is 427 g/mol. The number of aryl methyl sites for hydroxylation is 1. The van der Waals surface area contributed by atoms with Crippen molar-refractivity contribution in [3.8, 4) is 5.75 Å². The molecule has 1 atom stereocenters. The highest BCUT2D eigenvalue weighted by molar-refractivity contribution is 5.86. The summed E-state index contributed by atoms with van der Waals surface area (Å²) in [5, 5.41) is 14.6. The lowest BCUT2D eigenvalue weighted by atomic mass is 9.94. The number of nitrogens with zero attached hydrogens (tertiary/aromatic N) is 2. The zero-order valence-corrected chi connectivity index (χ0v) is 16.3. The smallest absolute Gasteiger partial charge is 0.416 e. The van der Waals surface area contributed by atoms with Crippen molar-refractivity contribution in [3.63, 3.8) is 0 Å². The van der Waals surface area contributed by atoms with Crippen LogP contribution in [0.5, 0.6) is 5.75 Å². The van der Waals surface area contributed by atoms with E-state index in [0.29, 0.717) is 22.8 Å². The van der Waals surface area contributed by atoms with Gasteiger partial charge in [0, 0.05) is 28.9 Å². The van der Waals surface area contributed by atoms with E-state index in [1.807, 2.05) is 6.92 Å². The first-order valence-electron chi connectivity index (χ1n) is 9.36. The maximum absolute atomic E-state index is 14.9. The fourth-order valence-electron chi connectivity index (χ4n) is 3.40. The highest BCUT2D eigenvalue weighted by Gasteiger charge is 2.32. The number of aromatic nitrogens is 2. The molecule has 2 heterocycles. The van der Waals surface area contributed by atoms with E-state index >= 15 is 0 Å². The number of aromatic hydroxyl groups is 1. The summed E-state index contributed by atoms with van der Waals surface area (Å²) in [6.45, 7) is 1.85. The fraction of sp³-hybridized carbons (Fsp3) is 0.130. The number of nitrogens with one attached hydrogen (secondary N) is 1. The molecule has 0 amide bonds. The molecule has 2 aromatic carbocycles. The zero-order valence-electron chi connectivity index (χ0n) is 16.3. The molecule has 0 bridgehead atoms. The molecule has 31 heavy (non-hydrogen) atoms. The number of benzene rings is 2. The Labute approximate surface area is 175 Å². The second-order valence-electron chi connectivity index (χ2n) is 7.11. The monoisotopic (exact) mass is 427 g/mol. The van der Waals surface area contributed by atoms with Crippen molar-refractivity contribution < 1.29 is 22.7 Å². The van der Waals surface area contributed by atoms with Gasteiger partial charge in [-0.25, -0.2) is 9.37 Å². The summed E-state index contributed by atoms with van der Waals surface area (Å²) in [4.78, 5) is 8.37. The molecule has 0 aliphatic rings. The lowest BCUT2D eigenvalue weighted by Crippen LogP contribution is -2.16. The van der Waals surface area contributed by atoms with Gasteiger partial charge in [0.1, 0.15) is 22.9 Å². The highest BCUT2D eigenvalue weighted by atomic mass is 19.4. The van der Waals surface area contributed by atoms with Crippen LogP contribution < -0.4 is 5.32 Å². The third-order valence-electron chi connectivity index (χ3n) is 4.94. The number of pyridine rings is 2. The van der Waals surface area contributed by atoms with E-state index in [1.165, 1.54) is 6.20 Å². The molecule has 4 rings (SSSR count). The van der Waals surface area contributed by atoms with E-state index in [0.717, 1.165) is 17.7 Å². The summed E-state index contributed by atoms with van der Waals surface area (Å²) in [5.74, 6) is -0.868. The Hall–Kier alpha value is -3.68. The molecule has 158 valence electrons. The van der Waals surface area contributed by atoms with Gasteiger partial charge in [-0.2, -0.15) is 13.2 Å². The second kappa shape index (κ2) is 7.86. The van der Waals surface area contributed by atoms with E-state index in [2.05, 4.69) is 15.3 Å². The summed E-state index contributed by atoms with van der Waals surface area (Å²) < 4.78 is 53.9. The van der Waals surface area contributed by atoms with Crippen LogP contribution in [0.4, 0.5) is 23.4 Å². The largest absolute Gasteiger partial charge is 0.505 e. The van der Waals surface area contributed by atoms with Gasteiger partial charge < -0.3 is 10.4 Å². The van der Waals surface area contributed by atoms with Crippen LogP contribution in [-0.2, 0) is 6.18 Å². The molecule has 0 radical (unpaired) electrons. The van der Waals surface area contributed by atoms with Gasteiger partial charge in [0.05, 0.1) is 11.6 Å². The number of alkyl halides is 3. The van der Waals surface area contributed by atoms with Crippen LogP contribution in [0.25, 0.3) is 10.9 Å². The Bertz CT molecular complexity index is 1260. The minimum Gasteiger partial charge on any atom is -0.505 e. The molecule has 0 aliphatic carbocycles. The Kier molecular flexibility index (Phi) is 5.22. The molecule has 8 heteroatoms. The fourth-order valence-corrected chi connectivity index (χ4v) is 3.40. The van der Waals surface area contributed by atoms with Crippen molar-refractivity contribution in [2.24, 2.45) is 0 Å². The van der Waals surface area contributed by atoms with E-state index in [-0.39, 0.29) is 16.9 Å². The van der Waals surface area contributed by atoms with Gasteiger partial charge in [-0.05, 0) is 42.8 Å². The van der Waals surface area contributed by atoms with Crippen molar-refractivity contribution in [2.45, 2.75) is 19.1 Å². The number of hydrogen-bond donors (Lipinski definition) is 2. The molecule has 4 aromatic rings. The number of fused-ring (bicyclic) bond motifs is 1. The van der Waals surface area contributed by atoms with Gasteiger partial charge in [0.15, 0.2) is 0 Å². The lowest BCUT2D eigenvalue weighted by Gasteiger charge is -2.23. The third-order valence-corrected chi connectivity index (χ3v) is 4.94. The minimum atomic E-state index is -4.67. The number of anilines is 1. The molecule has 1 unspecified atom stereocenters. The summed E-state index contributed by atoms with van der Waals surface area (Å²) >= 11 is 0. The lowest BCUT2D eigenvalue weighted by molar-refractivity contribution is -0.137. The van der Waals surface area contributed by atoms with Crippen molar-refractivity contribution in [1.82, 2.24) is 9.97 Å². The predicted molar refractivity (Wildman–Crippen MR) is 109 cm³/mol. The number of phenols is 1. The van der Waals surface area contributed by atoms with Crippen LogP contribution >= 0.6 is 0 Å². The molecule has 0 aliphatic heterocycles. The maximum Gasteiger partial charge on any atom is 0.416 e. The molecule has 0 fully saturated rings. The Balaban J connectivity index is 1.87. The molecule has 2 aromatic heterocycles. The molecular formula is C23H17F4N3O. The number of halogens is 4. The SMILES string of the molecule is Cc1ccnc(NC(c2ccc(C(F)(F)F)cc2F)c2ccc3cccnc3c2O)c1. The zero-order chi connectivity index (χ0) is 22.2. The van der Waals surface area contributed by atoms with Crippen molar-refractivity contribution in [2.75, 3.05) is 5.32 Å². The first-order valence-corrected chi connectivity index (χ1v) is 9.36. The molecule has 2 N–H and O–H groups in total. The van der Waals surface area contributed by atoms with Crippen LogP contribution in [0.1, 0.15) is 28.3 Å². The van der Waals surface area contributed by atoms with Crippen LogP contribution in [0.3, 0.4) is 0 Å². The van der Waals surface area contributed by atoms with E-state index in [9.17, 15) is 22.7 Å². The van der Waals surface area contributed by atoms with Crippen LogP contribution in [0, 0.1) is 12.7 Å². The summed E-state index contributed by atoms with van der Waals surface area (Å²) in [5.41, 5.74) is 0.283. The molecule has 4 nitrogen and oxygen atoms in total. The Morgan fingerprint density at radius 3 is 2.42 bits per heavy atom. The standard InChI is InChI=1S/C23H17F4N3O/c1-13-8-10-28-19(11-13)30-21(16-7-5-15(12-18(16)24)23(25,26)27)17-6-4-14-3-2-9-29-20(14)22(17)31/h2-12,21,31H,1H3,(H,28,30). The van der Waals surface area contributed by atoms with Gasteiger partial charge in [-0.1, -0.05) is 24.3 Å². The normalized spacial score (nSPS) is 12.7. The first-order chi connectivity index (χ1) is 14.7. The predicted octanol–water partition coefficient (Wildman–Crippen LogP) is 6.00. The van der Waals surface area contributed by atoms with Gasteiger partial charge in [0.25, 0.3) is 0 Å². The third kappa shape index (κ3) is 4.14. The Morgan fingerprint density at radius 1 is 0.935 bits per heavy atom. The van der Waals surface area contributed by atoms with Crippen LogP contribution in [0.15, 0.2) is 67.0 Å². The maximum atomic E-state index is 14.9. The summed E-state index contributed by atoms with van der Waals surface area (Å²) in [6.07, 6.45) is -1.61. The molecule has 0 saturated carbocycles. The van der Waals surface area contributed by atoms with Crippen molar-refractivity contribution in [3.05, 3.63) is 95.1 Å². The number of rotatable bonds is 4. The van der Waals surface area contributed by atoms with E-state index < -0.39 is 23.6 Å². The van der Waals surface area contributed by atoms with Crippen LogP contribution in [-0.4, -0.2) is 15.1 Å². The number of phenolic OH excluding ortho intramolecular Hbond substituents is 1. The van der Waals surface area contributed by atoms with Crippen LogP contribution in [0.2, 0.25) is 0 Å². The van der Waals surface area contributed by atoms with Crippen molar-refractivity contribution >= 4 is 16.7 Å². The molecule has 0 saturated heterocycles. The van der Waals surface area contributed by atoms with Gasteiger partial charge in [-0.3, -0.25) is 4.98 Å². The van der Waals surface area contributed by atoms with E-state index in [4.69, 9.17) is 0 Å². The number of hydrogen-bond acceptors (Lipinski definition) is 4. The minimum absolute atomic E-state index is 0.0677. The molecule has 0 spiro atoms. The molecular weight excluding hydrogens is 410 g/mol. The van der Waals surface area contributed by atoms with Crippen molar-refractivity contribution in [1.29, 1.82) is 0 Å². The average Bonchev–Trinajstić information content (AvgIpc) is 2.72.